The molecule has 0 radical (unpaired) electrons. The number of benzene rings is 1. The molecule has 1 unspecified atom stereocenters. The van der Waals surface area contributed by atoms with Crippen LogP contribution in [-0.4, -0.2) is 42.0 Å². The molecule has 3 rings (SSSR count). The van der Waals surface area contributed by atoms with Crippen LogP contribution in [0, 0.1) is 10.1 Å². The lowest BCUT2D eigenvalue weighted by Crippen LogP contribution is -2.50. The van der Waals surface area contributed by atoms with E-state index in [0.29, 0.717) is 11.7 Å². The second kappa shape index (κ2) is 4.70. The molecule has 2 aliphatic rings. The third-order valence-corrected chi connectivity index (χ3v) is 4.16. The molecule has 0 amide bonds. The Kier molecular flexibility index (Phi) is 3.02. The molecule has 6 nitrogen and oxygen atoms in total. The highest BCUT2D eigenvalue weighted by Gasteiger charge is 2.33. The van der Waals surface area contributed by atoms with Gasteiger partial charge in [-0.3, -0.25) is 15.0 Å². The van der Waals surface area contributed by atoms with Gasteiger partial charge in [0.15, 0.2) is 0 Å². The van der Waals surface area contributed by atoms with Crippen molar-refractivity contribution in [3.05, 3.63) is 28.3 Å². The van der Waals surface area contributed by atoms with Crippen LogP contribution in [0.25, 0.3) is 0 Å². The van der Waals surface area contributed by atoms with Crippen LogP contribution in [0.1, 0.15) is 12.8 Å². The maximum absolute atomic E-state index is 11.2. The minimum Gasteiger partial charge on any atom is -0.393 e. The molecule has 0 aliphatic carbocycles. The van der Waals surface area contributed by atoms with E-state index in [1.165, 1.54) is 12.8 Å². The fourth-order valence-electron chi connectivity index (χ4n) is 3.21. The number of anilines is 2. The van der Waals surface area contributed by atoms with Gasteiger partial charge in [-0.25, -0.2) is 0 Å². The minimum atomic E-state index is -0.369. The maximum Gasteiger partial charge on any atom is 0.315 e. The van der Waals surface area contributed by atoms with Crippen LogP contribution in [-0.2, 0) is 0 Å². The molecule has 102 valence electrons. The third kappa shape index (κ3) is 2.12. The number of fused-ring (bicyclic) bond motifs is 1. The number of nitro groups is 1. The summed E-state index contributed by atoms with van der Waals surface area (Å²) in [5.74, 6) is 0. The molecule has 1 aromatic rings. The topological polar surface area (TPSA) is 75.6 Å². The van der Waals surface area contributed by atoms with Crippen molar-refractivity contribution in [1.29, 1.82) is 0 Å². The summed E-state index contributed by atoms with van der Waals surface area (Å²) in [5.41, 5.74) is 6.72. The summed E-state index contributed by atoms with van der Waals surface area (Å²) in [4.78, 5) is 15.4. The third-order valence-electron chi connectivity index (χ3n) is 4.16. The highest BCUT2D eigenvalue weighted by atomic mass is 16.6. The summed E-state index contributed by atoms with van der Waals surface area (Å²) < 4.78 is 0. The SMILES string of the molecule is Nc1cccc(N2CCN3CCCC3C2)c1[N+](=O)[O-]. The molecule has 2 aliphatic heterocycles. The lowest BCUT2D eigenvalue weighted by atomic mass is 10.1. The quantitative estimate of drug-likeness (QED) is 0.496. The molecule has 6 heteroatoms. The van der Waals surface area contributed by atoms with E-state index in [9.17, 15) is 10.1 Å². The number of nitro benzene ring substituents is 1. The van der Waals surface area contributed by atoms with Gasteiger partial charge in [0.05, 0.1) is 4.92 Å². The Morgan fingerprint density at radius 2 is 2.16 bits per heavy atom. The van der Waals surface area contributed by atoms with Gasteiger partial charge in [-0.2, -0.15) is 0 Å². The minimum absolute atomic E-state index is 0.0500. The summed E-state index contributed by atoms with van der Waals surface area (Å²) in [6, 6.07) is 5.72. The normalized spacial score (nSPS) is 23.4. The highest BCUT2D eigenvalue weighted by Crippen LogP contribution is 2.35. The van der Waals surface area contributed by atoms with Crippen LogP contribution in [0.3, 0.4) is 0 Å². The van der Waals surface area contributed by atoms with E-state index >= 15 is 0 Å². The summed E-state index contributed by atoms with van der Waals surface area (Å²) in [7, 11) is 0. The van der Waals surface area contributed by atoms with Gasteiger partial charge in [-0.1, -0.05) is 6.07 Å². The van der Waals surface area contributed by atoms with Crippen LogP contribution in [0.15, 0.2) is 18.2 Å². The van der Waals surface area contributed by atoms with Crippen molar-refractivity contribution in [3.8, 4) is 0 Å². The van der Waals surface area contributed by atoms with Gasteiger partial charge in [-0.15, -0.1) is 0 Å². The van der Waals surface area contributed by atoms with Crippen molar-refractivity contribution in [1.82, 2.24) is 4.90 Å². The van der Waals surface area contributed by atoms with Crippen molar-refractivity contribution in [2.45, 2.75) is 18.9 Å². The standard InChI is InChI=1S/C13H18N4O2/c14-11-4-1-5-12(13(11)17(18)19)16-8-7-15-6-2-3-10(15)9-16/h1,4-5,10H,2-3,6-9,14H2. The first-order chi connectivity index (χ1) is 9.16. The van der Waals surface area contributed by atoms with Crippen molar-refractivity contribution in [2.24, 2.45) is 0 Å². The van der Waals surface area contributed by atoms with Crippen molar-refractivity contribution in [3.63, 3.8) is 0 Å². The van der Waals surface area contributed by atoms with Gasteiger partial charge in [0.1, 0.15) is 11.4 Å². The smallest absolute Gasteiger partial charge is 0.315 e. The number of nitrogen functional groups attached to an aromatic ring is 1. The monoisotopic (exact) mass is 262 g/mol. The molecule has 2 fully saturated rings. The van der Waals surface area contributed by atoms with Gasteiger partial charge >= 0.3 is 5.69 Å². The highest BCUT2D eigenvalue weighted by molar-refractivity contribution is 5.75. The second-order valence-corrected chi connectivity index (χ2v) is 5.25. The molecule has 2 N–H and O–H groups in total. The first-order valence-corrected chi connectivity index (χ1v) is 6.68. The van der Waals surface area contributed by atoms with Crippen LogP contribution < -0.4 is 10.6 Å². The summed E-state index contributed by atoms with van der Waals surface area (Å²) >= 11 is 0. The lowest BCUT2D eigenvalue weighted by molar-refractivity contribution is -0.383. The molecule has 2 heterocycles. The molecule has 1 aromatic carbocycles. The molecular weight excluding hydrogens is 244 g/mol. The number of nitrogens with two attached hydrogens (primary N) is 1. The van der Waals surface area contributed by atoms with E-state index in [1.807, 2.05) is 0 Å². The zero-order valence-electron chi connectivity index (χ0n) is 10.8. The Hall–Kier alpha value is -1.82. The molecule has 0 saturated carbocycles. The van der Waals surface area contributed by atoms with E-state index in [-0.39, 0.29) is 16.3 Å². The molecule has 0 aromatic heterocycles. The van der Waals surface area contributed by atoms with E-state index < -0.39 is 0 Å². The molecule has 19 heavy (non-hydrogen) atoms. The summed E-state index contributed by atoms with van der Waals surface area (Å²) in [6.07, 6.45) is 2.42. The Balaban J connectivity index is 1.90. The fourth-order valence-corrected chi connectivity index (χ4v) is 3.21. The van der Waals surface area contributed by atoms with E-state index in [1.54, 1.807) is 18.2 Å². The molecular formula is C13H18N4O2. The predicted molar refractivity (Wildman–Crippen MR) is 74.3 cm³/mol. The fraction of sp³-hybridized carbons (Fsp3) is 0.538. The Labute approximate surface area is 111 Å². The number of para-hydroxylation sites is 1. The molecule has 0 bridgehead atoms. The predicted octanol–water partition coefficient (Wildman–Crippen LogP) is 1.46. The zero-order valence-corrected chi connectivity index (χ0v) is 10.8. The Morgan fingerprint density at radius 3 is 2.95 bits per heavy atom. The lowest BCUT2D eigenvalue weighted by Gasteiger charge is -2.38. The maximum atomic E-state index is 11.2. The molecule has 1 atom stereocenters. The number of hydrogen-bond acceptors (Lipinski definition) is 5. The van der Waals surface area contributed by atoms with Crippen LogP contribution in [0.2, 0.25) is 0 Å². The van der Waals surface area contributed by atoms with Crippen molar-refractivity contribution in [2.75, 3.05) is 36.8 Å². The number of piperazine rings is 1. The average Bonchev–Trinajstić information content (AvgIpc) is 2.85. The van der Waals surface area contributed by atoms with Gasteiger partial charge in [0, 0.05) is 25.7 Å². The van der Waals surface area contributed by atoms with Crippen LogP contribution in [0.4, 0.5) is 17.1 Å². The number of rotatable bonds is 2. The largest absolute Gasteiger partial charge is 0.393 e. The second-order valence-electron chi connectivity index (χ2n) is 5.25. The molecule has 0 spiro atoms. The summed E-state index contributed by atoms with van der Waals surface area (Å²) in [5, 5.41) is 11.2. The van der Waals surface area contributed by atoms with Crippen LogP contribution >= 0.6 is 0 Å². The van der Waals surface area contributed by atoms with Crippen molar-refractivity contribution < 1.29 is 4.92 Å². The Bertz CT molecular complexity index is 505. The number of nitrogens with zero attached hydrogens (tertiary/aromatic N) is 3. The Morgan fingerprint density at radius 1 is 1.32 bits per heavy atom. The zero-order chi connectivity index (χ0) is 13.4. The van der Waals surface area contributed by atoms with Gasteiger partial charge < -0.3 is 10.6 Å². The van der Waals surface area contributed by atoms with E-state index in [2.05, 4.69) is 9.80 Å². The summed E-state index contributed by atoms with van der Waals surface area (Å²) in [6.45, 7) is 3.85. The van der Waals surface area contributed by atoms with Crippen LogP contribution in [0.5, 0.6) is 0 Å². The van der Waals surface area contributed by atoms with E-state index in [4.69, 9.17) is 5.73 Å². The average molecular weight is 262 g/mol. The van der Waals surface area contributed by atoms with Gasteiger partial charge in [0.2, 0.25) is 0 Å². The first kappa shape index (κ1) is 12.2. The van der Waals surface area contributed by atoms with Crippen molar-refractivity contribution >= 4 is 17.1 Å². The van der Waals surface area contributed by atoms with Gasteiger partial charge in [0.25, 0.3) is 0 Å². The molecule has 2 saturated heterocycles. The van der Waals surface area contributed by atoms with E-state index in [0.717, 1.165) is 26.2 Å². The number of hydrogen-bond donors (Lipinski definition) is 1. The van der Waals surface area contributed by atoms with Gasteiger partial charge in [-0.05, 0) is 31.5 Å². The first-order valence-electron chi connectivity index (χ1n) is 6.68.